The summed E-state index contributed by atoms with van der Waals surface area (Å²) in [6.45, 7) is 0. The van der Waals surface area contributed by atoms with Crippen molar-refractivity contribution >= 4 is 99.8 Å². The molecule has 11 rings (SSSR count). The van der Waals surface area contributed by atoms with Gasteiger partial charge in [-0.2, -0.15) is 0 Å². The highest BCUT2D eigenvalue weighted by molar-refractivity contribution is 7.26. The predicted molar refractivity (Wildman–Crippen MR) is 278 cm³/mol. The van der Waals surface area contributed by atoms with Crippen molar-refractivity contribution in [1.82, 2.24) is 0 Å². The molecule has 1 aromatic heterocycles. The van der Waals surface area contributed by atoms with Crippen LogP contribution in [-0.2, 0) is 0 Å². The molecule has 0 aliphatic carbocycles. The molecule has 0 aliphatic heterocycles. The predicted octanol–water partition coefficient (Wildman–Crippen LogP) is 17.9. The Morgan fingerprint density at radius 1 is 0.215 bits per heavy atom. The Kier molecular flexibility index (Phi) is 10.8. The molecule has 0 saturated heterocycles. The third-order valence-corrected chi connectivity index (χ3v) is 12.9. The summed E-state index contributed by atoms with van der Waals surface area (Å²) >= 11 is 1.85. The fourth-order valence-corrected chi connectivity index (χ4v) is 10.1. The number of fused-ring (bicyclic) bond motifs is 3. The fraction of sp³-hybridized carbons (Fsp3) is 0. The van der Waals surface area contributed by atoms with Crippen LogP contribution in [0.4, 0.5) is 68.2 Å². The van der Waals surface area contributed by atoms with E-state index in [9.17, 15) is 0 Å². The van der Waals surface area contributed by atoms with Gasteiger partial charge >= 0.3 is 0 Å². The summed E-state index contributed by atoms with van der Waals surface area (Å²) in [6, 6.07) is 95.3. The lowest BCUT2D eigenvalue weighted by Crippen LogP contribution is -2.14. The van der Waals surface area contributed by atoms with Crippen molar-refractivity contribution in [3.05, 3.63) is 267 Å². The lowest BCUT2D eigenvalue weighted by atomic mass is 10.1. The molecule has 0 atom stereocenters. The van der Waals surface area contributed by atoms with Crippen molar-refractivity contribution < 1.29 is 0 Å². The molecule has 0 amide bonds. The SMILES string of the molecule is c1ccc(N(c2ccccc2)c2cccc(N(c3ccccc3)c3cc(N(c4ccccc4)c4ccccc4)c4sc5cc(N(c6ccccc6)c6ccccc6)ccc5c4c3)c2)cc1. The number of para-hydroxylation sites is 7. The van der Waals surface area contributed by atoms with E-state index in [0.29, 0.717) is 0 Å². The standard InChI is InChI=1S/C60H44N4S/c1-8-23-45(24-9-1)61(46-25-10-2-11-26-46)52-37-22-38-53(41-52)63(49-31-16-5-17-32-49)55-42-57-56-40-39-54(62(47-27-12-3-13-28-47)48-29-14-4-15-30-48)44-59(56)65-60(57)58(43-55)64(50-33-18-6-19-34-50)51-35-20-7-21-36-51/h1-44H. The quantitative estimate of drug-likeness (QED) is 0.121. The van der Waals surface area contributed by atoms with Gasteiger partial charge in [0.15, 0.2) is 0 Å². The smallest absolute Gasteiger partial charge is 0.0661 e. The van der Waals surface area contributed by atoms with Crippen LogP contribution in [0.15, 0.2) is 267 Å². The van der Waals surface area contributed by atoms with E-state index < -0.39 is 0 Å². The monoisotopic (exact) mass is 852 g/mol. The van der Waals surface area contributed by atoms with E-state index in [1.54, 1.807) is 0 Å². The van der Waals surface area contributed by atoms with Gasteiger partial charge in [-0.15, -0.1) is 11.3 Å². The van der Waals surface area contributed by atoms with Crippen molar-refractivity contribution in [1.29, 1.82) is 0 Å². The van der Waals surface area contributed by atoms with Crippen molar-refractivity contribution in [2.45, 2.75) is 0 Å². The van der Waals surface area contributed by atoms with Gasteiger partial charge in [-0.3, -0.25) is 0 Å². The molecule has 4 nitrogen and oxygen atoms in total. The molecule has 10 aromatic carbocycles. The third kappa shape index (κ3) is 7.86. The van der Waals surface area contributed by atoms with E-state index in [0.717, 1.165) is 68.2 Å². The van der Waals surface area contributed by atoms with Gasteiger partial charge in [0.2, 0.25) is 0 Å². The minimum Gasteiger partial charge on any atom is -0.310 e. The summed E-state index contributed by atoms with van der Waals surface area (Å²) in [6.07, 6.45) is 0. The van der Waals surface area contributed by atoms with E-state index in [4.69, 9.17) is 0 Å². The largest absolute Gasteiger partial charge is 0.310 e. The number of thiophene rings is 1. The highest BCUT2D eigenvalue weighted by atomic mass is 32.1. The van der Waals surface area contributed by atoms with Crippen LogP contribution in [0, 0.1) is 0 Å². The topological polar surface area (TPSA) is 13.0 Å². The molecule has 0 saturated carbocycles. The zero-order valence-electron chi connectivity index (χ0n) is 35.6. The van der Waals surface area contributed by atoms with Gasteiger partial charge in [0.05, 0.1) is 10.4 Å². The number of anilines is 12. The molecule has 65 heavy (non-hydrogen) atoms. The van der Waals surface area contributed by atoms with Crippen LogP contribution in [-0.4, -0.2) is 0 Å². The Morgan fingerprint density at radius 3 is 0.923 bits per heavy atom. The summed E-state index contributed by atoms with van der Waals surface area (Å²) < 4.78 is 2.42. The van der Waals surface area contributed by atoms with Gasteiger partial charge in [0, 0.05) is 78.0 Å². The minimum atomic E-state index is 1.05. The number of hydrogen-bond acceptors (Lipinski definition) is 5. The highest BCUT2D eigenvalue weighted by Crippen LogP contribution is 2.50. The van der Waals surface area contributed by atoms with Crippen molar-refractivity contribution in [3.63, 3.8) is 0 Å². The second kappa shape index (κ2) is 17.8. The molecule has 0 radical (unpaired) electrons. The fourth-order valence-electron chi connectivity index (χ4n) is 8.85. The number of benzene rings is 10. The van der Waals surface area contributed by atoms with E-state index >= 15 is 0 Å². The van der Waals surface area contributed by atoms with Crippen LogP contribution in [0.1, 0.15) is 0 Å². The molecule has 0 fully saturated rings. The zero-order chi connectivity index (χ0) is 43.4. The Balaban J connectivity index is 1.16. The Morgan fingerprint density at radius 2 is 0.538 bits per heavy atom. The number of hydrogen-bond donors (Lipinski definition) is 0. The van der Waals surface area contributed by atoms with Crippen molar-refractivity contribution in [3.8, 4) is 0 Å². The van der Waals surface area contributed by atoms with Gasteiger partial charge < -0.3 is 19.6 Å². The normalized spacial score (nSPS) is 11.1. The molecule has 0 spiro atoms. The summed E-state index contributed by atoms with van der Waals surface area (Å²) in [5.41, 5.74) is 13.0. The Bertz CT molecular complexity index is 3190. The average Bonchev–Trinajstić information content (AvgIpc) is 3.75. The summed E-state index contributed by atoms with van der Waals surface area (Å²) in [7, 11) is 0. The van der Waals surface area contributed by atoms with E-state index in [1.807, 2.05) is 11.3 Å². The number of rotatable bonds is 12. The summed E-state index contributed by atoms with van der Waals surface area (Å²) in [5.74, 6) is 0. The van der Waals surface area contributed by atoms with Crippen LogP contribution in [0.2, 0.25) is 0 Å². The Hall–Kier alpha value is -8.38. The lowest BCUT2D eigenvalue weighted by Gasteiger charge is -2.31. The van der Waals surface area contributed by atoms with Crippen LogP contribution >= 0.6 is 11.3 Å². The molecule has 0 aliphatic rings. The average molecular weight is 853 g/mol. The van der Waals surface area contributed by atoms with Crippen molar-refractivity contribution in [2.75, 3.05) is 19.6 Å². The van der Waals surface area contributed by atoms with Crippen molar-refractivity contribution in [2.24, 2.45) is 0 Å². The van der Waals surface area contributed by atoms with E-state index in [2.05, 4.69) is 287 Å². The maximum Gasteiger partial charge on any atom is 0.0661 e. The van der Waals surface area contributed by atoms with Crippen LogP contribution < -0.4 is 19.6 Å². The zero-order valence-corrected chi connectivity index (χ0v) is 36.4. The highest BCUT2D eigenvalue weighted by Gasteiger charge is 2.24. The first-order chi connectivity index (χ1) is 32.3. The second-order valence-corrected chi connectivity index (χ2v) is 16.9. The van der Waals surface area contributed by atoms with Gasteiger partial charge in [0.25, 0.3) is 0 Å². The minimum absolute atomic E-state index is 1.05. The van der Waals surface area contributed by atoms with Gasteiger partial charge in [0.1, 0.15) is 0 Å². The number of nitrogens with zero attached hydrogens (tertiary/aromatic N) is 4. The Labute approximate surface area is 384 Å². The summed E-state index contributed by atoms with van der Waals surface area (Å²) in [5, 5.41) is 2.40. The molecular formula is C60H44N4S. The van der Waals surface area contributed by atoms with E-state index in [-0.39, 0.29) is 0 Å². The molecule has 310 valence electrons. The van der Waals surface area contributed by atoms with Crippen LogP contribution in [0.25, 0.3) is 20.2 Å². The molecular weight excluding hydrogens is 809 g/mol. The molecule has 0 unspecified atom stereocenters. The first kappa shape index (κ1) is 39.5. The molecule has 1 heterocycles. The van der Waals surface area contributed by atoms with Crippen LogP contribution in [0.3, 0.4) is 0 Å². The van der Waals surface area contributed by atoms with Gasteiger partial charge in [-0.1, -0.05) is 140 Å². The molecule has 5 heteroatoms. The van der Waals surface area contributed by atoms with Crippen LogP contribution in [0.5, 0.6) is 0 Å². The molecule has 0 N–H and O–H groups in total. The lowest BCUT2D eigenvalue weighted by molar-refractivity contribution is 1.24. The third-order valence-electron chi connectivity index (χ3n) is 11.7. The first-order valence-corrected chi connectivity index (χ1v) is 22.7. The maximum absolute atomic E-state index is 2.41. The summed E-state index contributed by atoms with van der Waals surface area (Å²) in [4.78, 5) is 9.48. The molecule has 11 aromatic rings. The molecule has 0 bridgehead atoms. The van der Waals surface area contributed by atoms with Gasteiger partial charge in [-0.05, 0) is 127 Å². The maximum atomic E-state index is 2.41. The first-order valence-electron chi connectivity index (χ1n) is 21.9. The van der Waals surface area contributed by atoms with Gasteiger partial charge in [-0.25, -0.2) is 0 Å². The second-order valence-electron chi connectivity index (χ2n) is 15.8. The van der Waals surface area contributed by atoms with E-state index in [1.165, 1.54) is 20.2 Å².